The Morgan fingerprint density at radius 1 is 1.14 bits per heavy atom. The Bertz CT molecular complexity index is 373. The van der Waals surface area contributed by atoms with E-state index in [-0.39, 0.29) is 6.09 Å². The molecule has 0 spiro atoms. The zero-order valence-electron chi connectivity index (χ0n) is 14.9. The fourth-order valence-corrected chi connectivity index (χ4v) is 3.46. The third kappa shape index (κ3) is 5.13. The van der Waals surface area contributed by atoms with E-state index in [4.69, 9.17) is 4.74 Å². The number of amides is 1. The number of hydrogen-bond donors (Lipinski definition) is 1. The number of carbonyl (C=O) groups is 1. The van der Waals surface area contributed by atoms with Gasteiger partial charge in [-0.15, -0.1) is 0 Å². The molecule has 0 aromatic rings. The minimum absolute atomic E-state index is 0.168. The molecule has 1 N–H and O–H groups in total. The summed E-state index contributed by atoms with van der Waals surface area (Å²) in [6.07, 6.45) is 3.11. The summed E-state index contributed by atoms with van der Waals surface area (Å²) in [5, 5.41) is 3.83. The molecule has 2 rings (SSSR count). The average molecular weight is 311 g/mol. The zero-order chi connectivity index (χ0) is 16.3. The van der Waals surface area contributed by atoms with E-state index in [9.17, 15) is 4.79 Å². The predicted molar refractivity (Wildman–Crippen MR) is 89.0 cm³/mol. The normalized spacial score (nSPS) is 28.7. The van der Waals surface area contributed by atoms with Crippen molar-refractivity contribution in [3.63, 3.8) is 0 Å². The van der Waals surface area contributed by atoms with Crippen LogP contribution in [0.5, 0.6) is 0 Å². The third-order valence-corrected chi connectivity index (χ3v) is 4.70. The Balaban J connectivity index is 1.74. The number of nitrogens with one attached hydrogen (secondary N) is 1. The molecule has 0 bridgehead atoms. The summed E-state index contributed by atoms with van der Waals surface area (Å²) >= 11 is 0. The van der Waals surface area contributed by atoms with Crippen LogP contribution >= 0.6 is 0 Å². The van der Waals surface area contributed by atoms with Gasteiger partial charge in [-0.2, -0.15) is 0 Å². The Morgan fingerprint density at radius 2 is 1.77 bits per heavy atom. The highest BCUT2D eigenvalue weighted by Crippen LogP contribution is 2.20. The van der Waals surface area contributed by atoms with Crippen LogP contribution in [0.3, 0.4) is 0 Å². The van der Waals surface area contributed by atoms with Gasteiger partial charge in [-0.3, -0.25) is 0 Å². The Morgan fingerprint density at radius 3 is 2.32 bits per heavy atom. The van der Waals surface area contributed by atoms with Crippen LogP contribution in [0.25, 0.3) is 0 Å². The summed E-state index contributed by atoms with van der Waals surface area (Å²) in [5.74, 6) is 0.697. The lowest BCUT2D eigenvalue weighted by Gasteiger charge is -2.40. The van der Waals surface area contributed by atoms with Gasteiger partial charge in [0.15, 0.2) is 0 Å². The van der Waals surface area contributed by atoms with Crippen LogP contribution in [0.4, 0.5) is 4.79 Å². The maximum Gasteiger partial charge on any atom is 0.410 e. The van der Waals surface area contributed by atoms with Gasteiger partial charge in [-0.05, 0) is 59.5 Å². The van der Waals surface area contributed by atoms with Gasteiger partial charge in [0.25, 0.3) is 0 Å². The molecule has 1 amide bonds. The molecule has 2 heterocycles. The van der Waals surface area contributed by atoms with Crippen LogP contribution in [-0.2, 0) is 4.74 Å². The maximum absolute atomic E-state index is 12.1. The van der Waals surface area contributed by atoms with Gasteiger partial charge in [-0.1, -0.05) is 6.92 Å². The van der Waals surface area contributed by atoms with Crippen molar-refractivity contribution in [2.24, 2.45) is 5.92 Å². The second-order valence-corrected chi connectivity index (χ2v) is 8.04. The van der Waals surface area contributed by atoms with Crippen LogP contribution in [-0.4, -0.2) is 66.8 Å². The molecular formula is C17H33N3O2. The van der Waals surface area contributed by atoms with E-state index in [1.165, 1.54) is 19.5 Å². The van der Waals surface area contributed by atoms with Crippen LogP contribution in [0.1, 0.15) is 47.0 Å². The van der Waals surface area contributed by atoms with E-state index < -0.39 is 5.60 Å². The first-order valence-electron chi connectivity index (χ1n) is 8.67. The number of likely N-dealkylation sites (tertiary alicyclic amines) is 2. The molecule has 2 aliphatic rings. The van der Waals surface area contributed by atoms with Crippen molar-refractivity contribution in [2.75, 3.05) is 33.2 Å². The van der Waals surface area contributed by atoms with Crippen molar-refractivity contribution >= 4 is 6.09 Å². The highest BCUT2D eigenvalue weighted by atomic mass is 16.6. The summed E-state index contributed by atoms with van der Waals surface area (Å²) in [6, 6.07) is 1.16. The first kappa shape index (κ1) is 17.5. The second-order valence-electron chi connectivity index (χ2n) is 8.04. The third-order valence-electron chi connectivity index (χ3n) is 4.70. The lowest BCUT2D eigenvalue weighted by molar-refractivity contribution is 0.0190. The molecule has 0 aromatic heterocycles. The smallest absolute Gasteiger partial charge is 0.410 e. The van der Waals surface area contributed by atoms with Gasteiger partial charge >= 0.3 is 6.09 Å². The first-order valence-corrected chi connectivity index (χ1v) is 8.67. The van der Waals surface area contributed by atoms with Crippen molar-refractivity contribution in [1.82, 2.24) is 15.1 Å². The number of nitrogens with zero attached hydrogens (tertiary/aromatic N) is 2. The minimum Gasteiger partial charge on any atom is -0.444 e. The summed E-state index contributed by atoms with van der Waals surface area (Å²) in [4.78, 5) is 16.3. The molecule has 2 aliphatic heterocycles. The van der Waals surface area contributed by atoms with Crippen LogP contribution in [0, 0.1) is 5.92 Å². The number of ether oxygens (including phenoxy) is 1. The van der Waals surface area contributed by atoms with Gasteiger partial charge < -0.3 is 19.9 Å². The van der Waals surface area contributed by atoms with Gasteiger partial charge in [0, 0.05) is 31.7 Å². The van der Waals surface area contributed by atoms with E-state index in [0.29, 0.717) is 18.0 Å². The van der Waals surface area contributed by atoms with Crippen LogP contribution in [0.2, 0.25) is 0 Å². The first-order chi connectivity index (χ1) is 10.2. The quantitative estimate of drug-likeness (QED) is 0.850. The molecule has 0 aromatic carbocycles. The molecule has 2 saturated heterocycles. The number of carbonyl (C=O) groups excluding carboxylic acids is 1. The molecule has 5 heteroatoms. The summed E-state index contributed by atoms with van der Waals surface area (Å²) < 4.78 is 5.45. The fourth-order valence-electron chi connectivity index (χ4n) is 3.46. The zero-order valence-corrected chi connectivity index (χ0v) is 14.9. The van der Waals surface area contributed by atoms with Crippen LogP contribution in [0.15, 0.2) is 0 Å². The molecule has 0 radical (unpaired) electrons. The highest BCUT2D eigenvalue weighted by molar-refractivity contribution is 5.68. The predicted octanol–water partition coefficient (Wildman–Crippen LogP) is 2.32. The van der Waals surface area contributed by atoms with E-state index in [0.717, 1.165) is 25.9 Å². The van der Waals surface area contributed by atoms with Crippen molar-refractivity contribution in [3.05, 3.63) is 0 Å². The molecule has 0 aliphatic carbocycles. The Labute approximate surface area is 135 Å². The standard InChI is InChI=1S/C17H33N3O2/c1-13-12-19(5)9-8-15(13)18-14-6-10-20(11-7-14)16(21)22-17(2,3)4/h13-15,18H,6-12H2,1-5H3. The number of hydrogen-bond acceptors (Lipinski definition) is 4. The lowest BCUT2D eigenvalue weighted by atomic mass is 9.92. The van der Waals surface area contributed by atoms with Crippen molar-refractivity contribution in [1.29, 1.82) is 0 Å². The Hall–Kier alpha value is -0.810. The largest absolute Gasteiger partial charge is 0.444 e. The molecule has 2 atom stereocenters. The topological polar surface area (TPSA) is 44.8 Å². The number of piperidine rings is 2. The van der Waals surface area contributed by atoms with Gasteiger partial charge in [0.2, 0.25) is 0 Å². The minimum atomic E-state index is -0.407. The second kappa shape index (κ2) is 7.18. The van der Waals surface area contributed by atoms with Crippen LogP contribution < -0.4 is 5.32 Å². The van der Waals surface area contributed by atoms with E-state index in [1.54, 1.807) is 0 Å². The van der Waals surface area contributed by atoms with E-state index >= 15 is 0 Å². The summed E-state index contributed by atoms with van der Waals surface area (Å²) in [7, 11) is 2.20. The molecule has 22 heavy (non-hydrogen) atoms. The number of rotatable bonds is 2. The highest BCUT2D eigenvalue weighted by Gasteiger charge is 2.30. The molecule has 128 valence electrons. The summed E-state index contributed by atoms with van der Waals surface area (Å²) in [6.45, 7) is 12.0. The molecule has 0 saturated carbocycles. The van der Waals surface area contributed by atoms with Gasteiger partial charge in [-0.25, -0.2) is 4.79 Å². The molecule has 2 unspecified atom stereocenters. The molecule has 2 fully saturated rings. The molecule has 5 nitrogen and oxygen atoms in total. The van der Waals surface area contributed by atoms with Crippen molar-refractivity contribution in [2.45, 2.75) is 64.6 Å². The lowest BCUT2D eigenvalue weighted by Crippen LogP contribution is -2.53. The Kier molecular flexibility index (Phi) is 5.72. The van der Waals surface area contributed by atoms with Gasteiger partial charge in [0.05, 0.1) is 0 Å². The molecular weight excluding hydrogens is 278 g/mol. The average Bonchev–Trinajstić information content (AvgIpc) is 2.41. The van der Waals surface area contributed by atoms with E-state index in [2.05, 4.69) is 24.2 Å². The maximum atomic E-state index is 12.1. The fraction of sp³-hybridized carbons (Fsp3) is 0.941. The summed E-state index contributed by atoms with van der Waals surface area (Å²) in [5.41, 5.74) is -0.407. The van der Waals surface area contributed by atoms with E-state index in [1.807, 2.05) is 25.7 Å². The van der Waals surface area contributed by atoms with Crippen molar-refractivity contribution < 1.29 is 9.53 Å². The van der Waals surface area contributed by atoms with Gasteiger partial charge in [0.1, 0.15) is 5.60 Å². The SMILES string of the molecule is CC1CN(C)CCC1NC1CCN(C(=O)OC(C)(C)C)CC1. The van der Waals surface area contributed by atoms with Crippen molar-refractivity contribution in [3.8, 4) is 0 Å². The monoisotopic (exact) mass is 311 g/mol.